The maximum Gasteiger partial charge on any atom is 0.335 e. The third-order valence-electron chi connectivity index (χ3n) is 1.95. The topological polar surface area (TPSA) is 63.3 Å². The van der Waals surface area contributed by atoms with Gasteiger partial charge in [-0.3, -0.25) is 0 Å². The van der Waals surface area contributed by atoms with Crippen LogP contribution in [0.15, 0.2) is 16.7 Å². The highest BCUT2D eigenvalue weighted by Gasteiger charge is 2.13. The lowest BCUT2D eigenvalue weighted by atomic mass is 10.1. The molecule has 2 rings (SSSR count). The molecular weight excluding hydrogens is 206 g/mol. The van der Waals surface area contributed by atoms with E-state index in [-0.39, 0.29) is 10.6 Å². The molecule has 0 saturated carbocycles. The number of carboxylic acid groups (broad SMARTS) is 1. The Hall–Kier alpha value is -1.55. The van der Waals surface area contributed by atoms with E-state index in [0.29, 0.717) is 16.7 Å². The highest BCUT2D eigenvalue weighted by atomic mass is 35.5. The molecule has 0 saturated heterocycles. The summed E-state index contributed by atoms with van der Waals surface area (Å²) in [5, 5.41) is 13.4. The summed E-state index contributed by atoms with van der Waals surface area (Å²) < 4.78 is 4.94. The minimum atomic E-state index is -1.02. The lowest BCUT2D eigenvalue weighted by molar-refractivity contribution is 0.0697. The molecule has 0 aliphatic rings. The largest absolute Gasteiger partial charge is 0.478 e. The van der Waals surface area contributed by atoms with Gasteiger partial charge in [0, 0.05) is 5.39 Å². The molecule has 0 aliphatic carbocycles. The van der Waals surface area contributed by atoms with Crippen molar-refractivity contribution in [2.24, 2.45) is 0 Å². The van der Waals surface area contributed by atoms with Gasteiger partial charge in [0.2, 0.25) is 0 Å². The molecule has 1 aromatic carbocycles. The van der Waals surface area contributed by atoms with Crippen molar-refractivity contribution in [3.63, 3.8) is 0 Å². The second-order valence-corrected chi connectivity index (χ2v) is 3.32. The Labute approximate surface area is 84.1 Å². The van der Waals surface area contributed by atoms with E-state index in [2.05, 4.69) is 5.16 Å². The van der Waals surface area contributed by atoms with Gasteiger partial charge in [-0.2, -0.15) is 0 Å². The Bertz CT molecular complexity index is 518. The number of nitrogens with zero attached hydrogens (tertiary/aromatic N) is 1. The molecule has 4 nitrogen and oxygen atoms in total. The predicted molar refractivity (Wildman–Crippen MR) is 50.7 cm³/mol. The molecule has 0 bridgehead atoms. The lowest BCUT2D eigenvalue weighted by Gasteiger charge is -1.96. The van der Waals surface area contributed by atoms with Gasteiger partial charge in [0.15, 0.2) is 5.58 Å². The molecule has 1 aromatic heterocycles. The first-order valence-corrected chi connectivity index (χ1v) is 4.26. The molecule has 0 unspecified atom stereocenters. The van der Waals surface area contributed by atoms with Gasteiger partial charge in [-0.25, -0.2) is 4.79 Å². The van der Waals surface area contributed by atoms with E-state index in [1.165, 1.54) is 12.1 Å². The molecular formula is C9H6ClNO3. The summed E-state index contributed by atoms with van der Waals surface area (Å²) in [7, 11) is 0. The van der Waals surface area contributed by atoms with E-state index in [4.69, 9.17) is 21.2 Å². The third kappa shape index (κ3) is 1.24. The second kappa shape index (κ2) is 2.99. The minimum absolute atomic E-state index is 0.133. The fourth-order valence-corrected chi connectivity index (χ4v) is 1.50. The van der Waals surface area contributed by atoms with Crippen LogP contribution in [0, 0.1) is 6.92 Å². The van der Waals surface area contributed by atoms with Crippen molar-refractivity contribution in [2.75, 3.05) is 0 Å². The zero-order chi connectivity index (χ0) is 10.3. The van der Waals surface area contributed by atoms with Crippen LogP contribution in [0.1, 0.15) is 16.1 Å². The van der Waals surface area contributed by atoms with Crippen LogP contribution < -0.4 is 0 Å². The van der Waals surface area contributed by atoms with Crippen LogP contribution in [-0.2, 0) is 0 Å². The first-order valence-electron chi connectivity index (χ1n) is 3.88. The smallest absolute Gasteiger partial charge is 0.335 e. The number of aromatic nitrogens is 1. The molecule has 14 heavy (non-hydrogen) atoms. The molecule has 0 spiro atoms. The summed E-state index contributed by atoms with van der Waals surface area (Å²) in [6.45, 7) is 1.73. The molecule has 0 amide bonds. The molecule has 0 radical (unpaired) electrons. The lowest BCUT2D eigenvalue weighted by Crippen LogP contribution is -1.95. The predicted octanol–water partition coefficient (Wildman–Crippen LogP) is 2.49. The first-order chi connectivity index (χ1) is 6.59. The number of rotatable bonds is 1. The van der Waals surface area contributed by atoms with Gasteiger partial charge in [0.1, 0.15) is 0 Å². The Morgan fingerprint density at radius 2 is 2.29 bits per heavy atom. The van der Waals surface area contributed by atoms with Crippen LogP contribution >= 0.6 is 11.6 Å². The number of fused-ring (bicyclic) bond motifs is 1. The van der Waals surface area contributed by atoms with Crippen molar-refractivity contribution in [1.29, 1.82) is 0 Å². The Morgan fingerprint density at radius 1 is 1.57 bits per heavy atom. The van der Waals surface area contributed by atoms with Crippen LogP contribution in [0.4, 0.5) is 0 Å². The van der Waals surface area contributed by atoms with E-state index in [0.717, 1.165) is 0 Å². The maximum atomic E-state index is 10.7. The fraction of sp³-hybridized carbons (Fsp3) is 0.111. The molecule has 72 valence electrons. The summed E-state index contributed by atoms with van der Waals surface area (Å²) in [4.78, 5) is 10.7. The van der Waals surface area contributed by atoms with Gasteiger partial charge < -0.3 is 9.63 Å². The van der Waals surface area contributed by atoms with Crippen molar-refractivity contribution >= 4 is 28.5 Å². The average molecular weight is 212 g/mol. The summed E-state index contributed by atoms with van der Waals surface area (Å²) >= 11 is 5.82. The van der Waals surface area contributed by atoms with Gasteiger partial charge in [-0.05, 0) is 19.1 Å². The molecule has 1 heterocycles. The van der Waals surface area contributed by atoms with Crippen LogP contribution in [0.25, 0.3) is 11.0 Å². The number of hydrogen-bond acceptors (Lipinski definition) is 3. The van der Waals surface area contributed by atoms with Crippen molar-refractivity contribution < 1.29 is 14.4 Å². The van der Waals surface area contributed by atoms with Crippen molar-refractivity contribution in [3.8, 4) is 0 Å². The number of carbonyl (C=O) groups is 1. The van der Waals surface area contributed by atoms with E-state index in [1.54, 1.807) is 6.92 Å². The normalized spacial score (nSPS) is 10.7. The number of carboxylic acids is 1. The molecule has 1 N–H and O–H groups in total. The number of hydrogen-bond donors (Lipinski definition) is 1. The van der Waals surface area contributed by atoms with E-state index >= 15 is 0 Å². The van der Waals surface area contributed by atoms with E-state index in [1.807, 2.05) is 0 Å². The number of benzene rings is 1. The van der Waals surface area contributed by atoms with Crippen molar-refractivity contribution in [1.82, 2.24) is 5.16 Å². The minimum Gasteiger partial charge on any atom is -0.478 e. The quantitative estimate of drug-likeness (QED) is 0.787. The monoisotopic (exact) mass is 211 g/mol. The highest BCUT2D eigenvalue weighted by Crippen LogP contribution is 2.27. The molecule has 0 fully saturated rings. The zero-order valence-electron chi connectivity index (χ0n) is 7.24. The van der Waals surface area contributed by atoms with Gasteiger partial charge in [-0.15, -0.1) is 0 Å². The second-order valence-electron chi connectivity index (χ2n) is 2.91. The van der Waals surface area contributed by atoms with Crippen molar-refractivity contribution in [3.05, 3.63) is 28.4 Å². The third-order valence-corrected chi connectivity index (χ3v) is 2.23. The van der Waals surface area contributed by atoms with Gasteiger partial charge >= 0.3 is 5.97 Å². The van der Waals surface area contributed by atoms with Crippen LogP contribution in [-0.4, -0.2) is 16.2 Å². The Kier molecular flexibility index (Phi) is 1.93. The van der Waals surface area contributed by atoms with Crippen molar-refractivity contribution in [2.45, 2.75) is 6.92 Å². The summed E-state index contributed by atoms with van der Waals surface area (Å²) in [5.41, 5.74) is 1.19. The molecule has 0 aliphatic heterocycles. The first kappa shape index (κ1) is 9.02. The Balaban J connectivity index is 2.82. The summed E-state index contributed by atoms with van der Waals surface area (Å²) in [6, 6.07) is 2.84. The van der Waals surface area contributed by atoms with Crippen LogP contribution in [0.5, 0.6) is 0 Å². The average Bonchev–Trinajstić information content (AvgIpc) is 2.48. The Morgan fingerprint density at radius 3 is 2.93 bits per heavy atom. The molecule has 0 atom stereocenters. The molecule has 2 aromatic rings. The van der Waals surface area contributed by atoms with Gasteiger partial charge in [0.25, 0.3) is 0 Å². The number of aromatic carboxylic acids is 1. The maximum absolute atomic E-state index is 10.7. The van der Waals surface area contributed by atoms with Crippen LogP contribution in [0.2, 0.25) is 5.02 Å². The van der Waals surface area contributed by atoms with E-state index in [9.17, 15) is 4.79 Å². The standard InChI is InChI=1S/C9H6ClNO3/c1-4-6-2-5(9(12)13)3-7(10)8(6)14-11-4/h2-3H,1H3,(H,12,13). The number of halogens is 1. The van der Waals surface area contributed by atoms with Crippen LogP contribution in [0.3, 0.4) is 0 Å². The van der Waals surface area contributed by atoms with E-state index < -0.39 is 5.97 Å². The SMILES string of the molecule is Cc1noc2c(Cl)cc(C(=O)O)cc12. The van der Waals surface area contributed by atoms with Gasteiger partial charge in [-0.1, -0.05) is 16.8 Å². The summed E-state index contributed by atoms with van der Waals surface area (Å²) in [5.74, 6) is -1.02. The fourth-order valence-electron chi connectivity index (χ4n) is 1.24. The zero-order valence-corrected chi connectivity index (χ0v) is 8.00. The molecule has 5 heteroatoms. The number of aryl methyl sites for hydroxylation is 1. The summed E-state index contributed by atoms with van der Waals surface area (Å²) in [6.07, 6.45) is 0. The van der Waals surface area contributed by atoms with Gasteiger partial charge in [0.05, 0.1) is 16.3 Å². The highest BCUT2D eigenvalue weighted by molar-refractivity contribution is 6.35.